The van der Waals surface area contributed by atoms with Crippen LogP contribution >= 0.6 is 0 Å². The Morgan fingerprint density at radius 1 is 0.515 bits per heavy atom. The first-order valence-electron chi connectivity index (χ1n) is 29.3. The summed E-state index contributed by atoms with van der Waals surface area (Å²) < 4.78 is 22.3. The summed E-state index contributed by atoms with van der Waals surface area (Å²) >= 11 is 0. The summed E-state index contributed by atoms with van der Waals surface area (Å²) in [4.78, 5) is 23.5. The Hall–Kier alpha value is -2.38. The second kappa shape index (κ2) is 54.0. The molecule has 1 saturated heterocycles. The fraction of sp³-hybridized carbons (Fsp3) is 0.836. The predicted molar refractivity (Wildman–Crippen MR) is 291 cm³/mol. The summed E-state index contributed by atoms with van der Waals surface area (Å²) in [5, 5.41) is 10.7. The lowest BCUT2D eigenvalue weighted by molar-refractivity contribution is -0.156. The minimum atomic E-state index is -1.13. The molecule has 1 heterocycles. The largest absolute Gasteiger partial charge is 0.489 e. The van der Waals surface area contributed by atoms with Gasteiger partial charge in [-0.25, -0.2) is 0 Å². The van der Waals surface area contributed by atoms with Crippen LogP contribution in [-0.2, 0) is 28.5 Å². The minimum absolute atomic E-state index is 0.161. The van der Waals surface area contributed by atoms with Crippen LogP contribution < -0.4 is 0 Å². The Kier molecular flexibility index (Phi) is 52.1. The summed E-state index contributed by atoms with van der Waals surface area (Å²) in [5.74, 6) is 0.288. The highest BCUT2D eigenvalue weighted by molar-refractivity contribution is 5.69. The van der Waals surface area contributed by atoms with E-state index in [0.717, 1.165) is 57.8 Å². The summed E-state index contributed by atoms with van der Waals surface area (Å²) in [5.41, 5.74) is 0. The third-order valence-electron chi connectivity index (χ3n) is 13.2. The molecule has 0 radical (unpaired) electrons. The van der Waals surface area contributed by atoms with Crippen LogP contribution in [0.2, 0.25) is 0 Å². The molecular formula is C61H112O7. The van der Waals surface area contributed by atoms with Crippen molar-refractivity contribution in [1.29, 1.82) is 0 Å². The summed E-state index contributed by atoms with van der Waals surface area (Å²) in [6.45, 7) is 13.4. The van der Waals surface area contributed by atoms with Crippen LogP contribution in [0.3, 0.4) is 0 Å². The van der Waals surface area contributed by atoms with Gasteiger partial charge in [0.05, 0.1) is 12.4 Å². The van der Waals surface area contributed by atoms with Crippen molar-refractivity contribution in [3.63, 3.8) is 0 Å². The molecule has 0 aliphatic carbocycles. The molecule has 7 nitrogen and oxygen atoms in total. The minimum Gasteiger partial charge on any atom is -0.489 e. The van der Waals surface area contributed by atoms with E-state index in [2.05, 4.69) is 70.7 Å². The molecule has 1 aliphatic rings. The number of carbonyl (C=O) groups is 2. The highest BCUT2D eigenvalue weighted by atomic mass is 16.6. The number of hydrogen-bond donors (Lipinski definition) is 1. The lowest BCUT2D eigenvalue weighted by Crippen LogP contribution is -2.43. The van der Waals surface area contributed by atoms with Crippen molar-refractivity contribution < 1.29 is 33.6 Å². The Morgan fingerprint density at radius 2 is 0.838 bits per heavy atom. The summed E-state index contributed by atoms with van der Waals surface area (Å²) in [6.07, 6.45) is 61.9. The van der Waals surface area contributed by atoms with Gasteiger partial charge in [0.1, 0.15) is 18.8 Å². The van der Waals surface area contributed by atoms with Crippen molar-refractivity contribution in [3.8, 4) is 0 Å². The number of ether oxygens (including phenoxy) is 4. The number of carbonyl (C=O) groups excluding carboxylic acids is 2. The Bertz CT molecular complexity index is 1150. The first-order valence-corrected chi connectivity index (χ1v) is 29.3. The number of esters is 1. The molecule has 0 amide bonds. The van der Waals surface area contributed by atoms with Crippen LogP contribution in [0.5, 0.6) is 0 Å². The fourth-order valence-electron chi connectivity index (χ4n) is 8.76. The van der Waals surface area contributed by atoms with E-state index >= 15 is 0 Å². The lowest BCUT2D eigenvalue weighted by Gasteiger charge is -2.25. The number of unbranched alkanes of at least 4 members (excludes halogenated alkanes) is 33. The third-order valence-corrected chi connectivity index (χ3v) is 13.2. The van der Waals surface area contributed by atoms with Crippen molar-refractivity contribution in [1.82, 2.24) is 0 Å². The zero-order valence-electron chi connectivity index (χ0n) is 45.4. The van der Waals surface area contributed by atoms with Crippen molar-refractivity contribution in [3.05, 3.63) is 48.8 Å². The van der Waals surface area contributed by atoms with E-state index in [9.17, 15) is 14.7 Å². The Balaban J connectivity index is 0.00000209. The number of aliphatic hydroxyl groups excluding tert-OH is 1. The first-order chi connectivity index (χ1) is 33.4. The normalized spacial score (nSPS) is 16.4. The fourth-order valence-corrected chi connectivity index (χ4v) is 8.76. The van der Waals surface area contributed by atoms with Gasteiger partial charge in [0.15, 0.2) is 12.2 Å². The monoisotopic (exact) mass is 957 g/mol. The van der Waals surface area contributed by atoms with Crippen molar-refractivity contribution in [2.24, 2.45) is 0 Å². The molecule has 0 spiro atoms. The zero-order chi connectivity index (χ0) is 49.6. The van der Waals surface area contributed by atoms with Gasteiger partial charge in [-0.15, -0.1) is 0 Å². The molecule has 0 aromatic carbocycles. The molecule has 0 bridgehead atoms. The molecule has 1 N–H and O–H groups in total. The van der Waals surface area contributed by atoms with E-state index < -0.39 is 24.4 Å². The molecule has 0 aromatic heterocycles. The van der Waals surface area contributed by atoms with E-state index in [1.165, 1.54) is 199 Å². The van der Waals surface area contributed by atoms with Gasteiger partial charge in [0, 0.05) is 12.8 Å². The number of aliphatic hydroxyl groups is 1. The van der Waals surface area contributed by atoms with Crippen molar-refractivity contribution in [2.75, 3.05) is 13.2 Å². The standard InChI is InChI=1S/C43H76O7.C18H36/c1-4-6-8-10-12-14-16-18-20-21-23-25-27-29-31-33-38(3)50-40-36-48-42(43(40)49-37-44)39(45)35-47-41(46)34-32-30-28-26-24-22-19-17-15-13-11-9-7-5-2;1-3-5-7-9-11-13-15-17-18-16-14-12-10-8-6-4-2/h18-20,22,37,39-40,42-43,45H,3-17,21,23-36H2,1-2H3;17-18H,3-16H2,1-2H3/b20-18+,22-19+;18-17+/t39-,40+,42?,43?;/m1./s1. The first kappa shape index (κ1) is 65.6. The maximum Gasteiger partial charge on any atom is 0.305 e. The van der Waals surface area contributed by atoms with Gasteiger partial charge in [0.25, 0.3) is 6.47 Å². The Labute approximate surface area is 421 Å². The van der Waals surface area contributed by atoms with Crippen molar-refractivity contribution >= 4 is 12.4 Å². The quantitative estimate of drug-likeness (QED) is 0.0213. The molecule has 2 unspecified atom stereocenters. The van der Waals surface area contributed by atoms with Crippen LogP contribution in [0, 0.1) is 0 Å². The van der Waals surface area contributed by atoms with Crippen LogP contribution in [0.25, 0.3) is 0 Å². The second-order valence-corrected chi connectivity index (χ2v) is 19.8. The van der Waals surface area contributed by atoms with Gasteiger partial charge >= 0.3 is 5.97 Å². The number of rotatable bonds is 50. The van der Waals surface area contributed by atoms with Crippen LogP contribution in [-0.4, -0.2) is 55.2 Å². The number of hydrogen-bond acceptors (Lipinski definition) is 7. The van der Waals surface area contributed by atoms with Crippen LogP contribution in [0.1, 0.15) is 291 Å². The average molecular weight is 958 g/mol. The molecule has 0 aromatic rings. The molecule has 398 valence electrons. The van der Waals surface area contributed by atoms with Gasteiger partial charge < -0.3 is 24.1 Å². The molecule has 0 saturated carbocycles. The van der Waals surface area contributed by atoms with E-state index in [1.807, 2.05) is 0 Å². The molecule has 68 heavy (non-hydrogen) atoms. The van der Waals surface area contributed by atoms with E-state index in [0.29, 0.717) is 18.7 Å². The molecule has 7 heteroatoms. The third kappa shape index (κ3) is 44.8. The molecular weight excluding hydrogens is 845 g/mol. The average Bonchev–Trinajstić information content (AvgIpc) is 3.73. The predicted octanol–water partition coefficient (Wildman–Crippen LogP) is 18.5. The summed E-state index contributed by atoms with van der Waals surface area (Å²) in [7, 11) is 0. The highest BCUT2D eigenvalue weighted by Crippen LogP contribution is 2.26. The van der Waals surface area contributed by atoms with E-state index in [1.54, 1.807) is 0 Å². The lowest BCUT2D eigenvalue weighted by atomic mass is 10.1. The van der Waals surface area contributed by atoms with Gasteiger partial charge in [-0.1, -0.05) is 231 Å². The van der Waals surface area contributed by atoms with Crippen molar-refractivity contribution in [2.45, 2.75) is 315 Å². The molecule has 1 aliphatic heterocycles. The van der Waals surface area contributed by atoms with E-state index in [-0.39, 0.29) is 19.2 Å². The second-order valence-electron chi connectivity index (χ2n) is 19.8. The Morgan fingerprint density at radius 3 is 1.19 bits per heavy atom. The smallest absolute Gasteiger partial charge is 0.305 e. The topological polar surface area (TPSA) is 91.3 Å². The molecule has 4 atom stereocenters. The number of allylic oxidation sites excluding steroid dienone is 7. The van der Waals surface area contributed by atoms with Crippen LogP contribution in [0.15, 0.2) is 48.8 Å². The van der Waals surface area contributed by atoms with Gasteiger partial charge in [0.2, 0.25) is 0 Å². The molecule has 1 fully saturated rings. The maximum absolute atomic E-state index is 12.3. The van der Waals surface area contributed by atoms with Gasteiger partial charge in [-0.3, -0.25) is 9.59 Å². The maximum atomic E-state index is 12.3. The van der Waals surface area contributed by atoms with Gasteiger partial charge in [-0.2, -0.15) is 0 Å². The van der Waals surface area contributed by atoms with Gasteiger partial charge in [-0.05, 0) is 89.9 Å². The zero-order valence-corrected chi connectivity index (χ0v) is 45.4. The molecule has 1 rings (SSSR count). The SMILES string of the molecule is C=C(CCCCCCC/C=C/CCCCCCCC)O[C@H]1COC([C@H](O)COC(=O)CCCCCC/C=C/CCCCCCCC)C1OC=O.CCCCCCCC/C=C/CCCCCCCC. The highest BCUT2D eigenvalue weighted by Gasteiger charge is 2.45. The van der Waals surface area contributed by atoms with E-state index in [4.69, 9.17) is 18.9 Å². The van der Waals surface area contributed by atoms with Crippen LogP contribution in [0.4, 0.5) is 0 Å². The summed E-state index contributed by atoms with van der Waals surface area (Å²) in [6, 6.07) is 0.